The summed E-state index contributed by atoms with van der Waals surface area (Å²) >= 11 is 0. The molecule has 5 nitrogen and oxygen atoms in total. The maximum atomic E-state index is 12.6. The number of pyridine rings is 1. The first-order valence-electron chi connectivity index (χ1n) is 9.34. The molecule has 130 valence electrons. The van der Waals surface area contributed by atoms with Gasteiger partial charge in [-0.15, -0.1) is 0 Å². The molecule has 2 aliphatic heterocycles. The van der Waals surface area contributed by atoms with Crippen LogP contribution in [0.5, 0.6) is 0 Å². The highest BCUT2D eigenvalue weighted by molar-refractivity contribution is 5.93. The van der Waals surface area contributed by atoms with E-state index in [1.807, 2.05) is 17.0 Å². The van der Waals surface area contributed by atoms with Gasteiger partial charge in [-0.2, -0.15) is 0 Å². The third-order valence-electron chi connectivity index (χ3n) is 6.02. The maximum absolute atomic E-state index is 12.6. The van der Waals surface area contributed by atoms with Crippen LogP contribution in [0.2, 0.25) is 0 Å². The second-order valence-corrected chi connectivity index (χ2v) is 7.54. The number of piperidine rings is 1. The Labute approximate surface area is 143 Å². The molecule has 3 heterocycles. The van der Waals surface area contributed by atoms with Gasteiger partial charge in [0.2, 0.25) is 0 Å². The molecule has 3 fully saturated rings. The second-order valence-electron chi connectivity index (χ2n) is 7.54. The van der Waals surface area contributed by atoms with E-state index < -0.39 is 0 Å². The number of nitrogens with one attached hydrogen (secondary N) is 1. The average molecular weight is 329 g/mol. The van der Waals surface area contributed by atoms with Gasteiger partial charge in [-0.25, -0.2) is 0 Å². The smallest absolute Gasteiger partial charge is 0.272 e. The molecule has 1 spiro atoms. The van der Waals surface area contributed by atoms with Gasteiger partial charge < -0.3 is 15.0 Å². The minimum Gasteiger partial charge on any atom is -0.385 e. The fourth-order valence-electron chi connectivity index (χ4n) is 4.27. The first-order chi connectivity index (χ1) is 11.8. The number of aromatic nitrogens is 1. The molecule has 1 saturated carbocycles. The molecule has 3 aliphatic rings. The molecule has 0 aromatic carbocycles. The monoisotopic (exact) mass is 329 g/mol. The quantitative estimate of drug-likeness (QED) is 0.923. The molecule has 1 atom stereocenters. The van der Waals surface area contributed by atoms with Crippen LogP contribution in [0.15, 0.2) is 18.3 Å². The number of rotatable bonds is 4. The number of ether oxygens (including phenoxy) is 1. The van der Waals surface area contributed by atoms with Crippen LogP contribution >= 0.6 is 0 Å². The van der Waals surface area contributed by atoms with Gasteiger partial charge in [0.25, 0.3) is 5.91 Å². The highest BCUT2D eigenvalue weighted by atomic mass is 16.5. The van der Waals surface area contributed by atoms with Gasteiger partial charge in [0, 0.05) is 44.7 Å². The van der Waals surface area contributed by atoms with E-state index >= 15 is 0 Å². The summed E-state index contributed by atoms with van der Waals surface area (Å²) in [6, 6.07) is 3.88. The van der Waals surface area contributed by atoms with Crippen LogP contribution in [-0.4, -0.2) is 48.6 Å². The van der Waals surface area contributed by atoms with Crippen molar-refractivity contribution < 1.29 is 9.53 Å². The number of anilines is 1. The van der Waals surface area contributed by atoms with E-state index in [-0.39, 0.29) is 5.91 Å². The lowest BCUT2D eigenvalue weighted by molar-refractivity contribution is 0.0527. The van der Waals surface area contributed by atoms with Gasteiger partial charge in [-0.1, -0.05) is 0 Å². The Balaban J connectivity index is 1.34. The predicted octanol–water partition coefficient (Wildman–Crippen LogP) is 2.94. The SMILES string of the molecule is O=C(c1cc(NCC2CC23CCOCC3)ccn1)N1CCCCC1. The zero-order valence-electron chi connectivity index (χ0n) is 14.3. The van der Waals surface area contributed by atoms with Crippen molar-refractivity contribution in [2.45, 2.75) is 38.5 Å². The van der Waals surface area contributed by atoms with Gasteiger partial charge in [0.1, 0.15) is 5.69 Å². The van der Waals surface area contributed by atoms with Gasteiger partial charge >= 0.3 is 0 Å². The van der Waals surface area contributed by atoms with Crippen molar-refractivity contribution in [1.29, 1.82) is 0 Å². The molecule has 5 heteroatoms. The zero-order valence-corrected chi connectivity index (χ0v) is 14.3. The molecule has 0 radical (unpaired) electrons. The number of hydrogen-bond acceptors (Lipinski definition) is 4. The van der Waals surface area contributed by atoms with Gasteiger partial charge in [0.05, 0.1) is 0 Å². The summed E-state index contributed by atoms with van der Waals surface area (Å²) in [5.74, 6) is 0.821. The van der Waals surface area contributed by atoms with E-state index in [1.165, 1.54) is 25.7 Å². The van der Waals surface area contributed by atoms with Crippen molar-refractivity contribution in [2.75, 3.05) is 38.2 Å². The van der Waals surface area contributed by atoms with E-state index in [0.717, 1.165) is 57.3 Å². The van der Waals surface area contributed by atoms with Crippen LogP contribution in [0.1, 0.15) is 49.0 Å². The van der Waals surface area contributed by atoms with Gasteiger partial charge in [-0.05, 0) is 62.0 Å². The molecule has 0 bridgehead atoms. The molecule has 4 rings (SSSR count). The lowest BCUT2D eigenvalue weighted by Gasteiger charge is -2.26. The van der Waals surface area contributed by atoms with Crippen molar-refractivity contribution in [3.8, 4) is 0 Å². The van der Waals surface area contributed by atoms with E-state index in [9.17, 15) is 4.79 Å². The second kappa shape index (κ2) is 6.71. The molecule has 1 amide bonds. The van der Waals surface area contributed by atoms with E-state index in [2.05, 4.69) is 10.3 Å². The van der Waals surface area contributed by atoms with Crippen LogP contribution in [0.4, 0.5) is 5.69 Å². The number of carbonyl (C=O) groups is 1. The minimum atomic E-state index is 0.0747. The van der Waals surface area contributed by atoms with Gasteiger partial charge in [-0.3, -0.25) is 9.78 Å². The van der Waals surface area contributed by atoms with Crippen molar-refractivity contribution in [1.82, 2.24) is 9.88 Å². The first kappa shape index (κ1) is 15.9. The average Bonchev–Trinajstić information content (AvgIpc) is 3.32. The van der Waals surface area contributed by atoms with Crippen LogP contribution in [-0.2, 0) is 4.74 Å². The number of nitrogens with zero attached hydrogens (tertiary/aromatic N) is 2. The summed E-state index contributed by atoms with van der Waals surface area (Å²) < 4.78 is 5.49. The number of hydrogen-bond donors (Lipinski definition) is 1. The van der Waals surface area contributed by atoms with Crippen molar-refractivity contribution >= 4 is 11.6 Å². The Morgan fingerprint density at radius 1 is 1.29 bits per heavy atom. The largest absolute Gasteiger partial charge is 0.385 e. The van der Waals surface area contributed by atoms with Crippen LogP contribution in [0, 0.1) is 11.3 Å². The molecular weight excluding hydrogens is 302 g/mol. The normalized spacial score (nSPS) is 25.5. The fraction of sp³-hybridized carbons (Fsp3) is 0.684. The molecule has 1 aromatic rings. The van der Waals surface area contributed by atoms with Crippen LogP contribution in [0.3, 0.4) is 0 Å². The summed E-state index contributed by atoms with van der Waals surface area (Å²) in [5, 5.41) is 3.52. The van der Waals surface area contributed by atoms with Crippen LogP contribution in [0.25, 0.3) is 0 Å². The Bertz CT molecular complexity index is 592. The summed E-state index contributed by atoms with van der Waals surface area (Å²) in [5.41, 5.74) is 2.11. The lowest BCUT2D eigenvalue weighted by atomic mass is 9.94. The number of likely N-dealkylation sites (tertiary alicyclic amines) is 1. The summed E-state index contributed by atoms with van der Waals surface area (Å²) in [7, 11) is 0. The molecule has 24 heavy (non-hydrogen) atoms. The Morgan fingerprint density at radius 3 is 2.88 bits per heavy atom. The fourth-order valence-corrected chi connectivity index (χ4v) is 4.27. The highest BCUT2D eigenvalue weighted by Gasteiger charge is 2.53. The number of carbonyl (C=O) groups excluding carboxylic acids is 1. The highest BCUT2D eigenvalue weighted by Crippen LogP contribution is 2.58. The third-order valence-corrected chi connectivity index (χ3v) is 6.02. The topological polar surface area (TPSA) is 54.5 Å². The molecule has 1 aromatic heterocycles. The maximum Gasteiger partial charge on any atom is 0.272 e. The van der Waals surface area contributed by atoms with Crippen molar-refractivity contribution in [3.05, 3.63) is 24.0 Å². The standard InChI is InChI=1S/C19H27N3O2/c23-18(22-8-2-1-3-9-22)17-12-16(4-7-20-17)21-14-15-13-19(15)5-10-24-11-6-19/h4,7,12,15H,1-3,5-6,8-11,13-14H2,(H,20,21). The molecule has 2 saturated heterocycles. The zero-order chi connectivity index (χ0) is 16.4. The Hall–Kier alpha value is -1.62. The third kappa shape index (κ3) is 3.27. The van der Waals surface area contributed by atoms with Crippen LogP contribution < -0.4 is 5.32 Å². The predicted molar refractivity (Wildman–Crippen MR) is 93.1 cm³/mol. The minimum absolute atomic E-state index is 0.0747. The Morgan fingerprint density at radius 2 is 2.08 bits per heavy atom. The molecule has 1 unspecified atom stereocenters. The molecular formula is C19H27N3O2. The van der Waals surface area contributed by atoms with E-state index in [0.29, 0.717) is 11.1 Å². The van der Waals surface area contributed by atoms with Gasteiger partial charge in [0.15, 0.2) is 0 Å². The summed E-state index contributed by atoms with van der Waals surface area (Å²) in [6.45, 7) is 4.55. The van der Waals surface area contributed by atoms with Crippen molar-refractivity contribution in [3.63, 3.8) is 0 Å². The summed E-state index contributed by atoms with van der Waals surface area (Å²) in [4.78, 5) is 18.8. The summed E-state index contributed by atoms with van der Waals surface area (Å²) in [6.07, 6.45) is 8.91. The Kier molecular flexibility index (Phi) is 4.44. The first-order valence-corrected chi connectivity index (χ1v) is 9.34. The molecule has 1 N–H and O–H groups in total. The lowest BCUT2D eigenvalue weighted by Crippen LogP contribution is -2.36. The number of amides is 1. The van der Waals surface area contributed by atoms with E-state index in [4.69, 9.17) is 4.74 Å². The van der Waals surface area contributed by atoms with E-state index in [1.54, 1.807) is 6.20 Å². The molecule has 1 aliphatic carbocycles. The van der Waals surface area contributed by atoms with Crippen molar-refractivity contribution in [2.24, 2.45) is 11.3 Å².